The number of nitrogens with one attached hydrogen (secondary N) is 1. The van der Waals surface area contributed by atoms with Gasteiger partial charge in [-0.1, -0.05) is 0 Å². The highest BCUT2D eigenvalue weighted by Crippen LogP contribution is 2.53. The predicted octanol–water partition coefficient (Wildman–Crippen LogP) is 0.549. The van der Waals surface area contributed by atoms with E-state index >= 15 is 4.39 Å². The van der Waals surface area contributed by atoms with Gasteiger partial charge >= 0.3 is 0 Å². The van der Waals surface area contributed by atoms with E-state index in [-0.39, 0.29) is 24.1 Å². The highest BCUT2D eigenvalue weighted by molar-refractivity contribution is 6.22. The van der Waals surface area contributed by atoms with Crippen molar-refractivity contribution in [2.45, 2.75) is 24.9 Å². The zero-order valence-corrected chi connectivity index (χ0v) is 19.3. The van der Waals surface area contributed by atoms with Crippen molar-refractivity contribution in [1.82, 2.24) is 9.78 Å². The number of phenols is 1. The molecule has 13 heteroatoms. The number of Topliss-reactive ketones (excluding diaryl/α,β-unsaturated/α-hetero) is 2. The summed E-state index contributed by atoms with van der Waals surface area (Å²) in [5.41, 5.74) is 0.0604. The number of nitrogens with zero attached hydrogens (tertiary/aromatic N) is 2. The molecule has 0 bridgehead atoms. The van der Waals surface area contributed by atoms with Crippen molar-refractivity contribution in [2.24, 2.45) is 24.6 Å². The molecule has 3 aliphatic rings. The molecule has 3 atom stereocenters. The molecule has 7 N–H and O–H groups in total. The molecule has 0 radical (unpaired) electrons. The van der Waals surface area contributed by atoms with Crippen LogP contribution in [0.15, 0.2) is 35.2 Å². The maximum atomic E-state index is 15.2. The largest absolute Gasteiger partial charge is 0.508 e. The predicted molar refractivity (Wildman–Crippen MR) is 123 cm³/mol. The summed E-state index contributed by atoms with van der Waals surface area (Å²) < 4.78 is 16.5. The Kier molecular flexibility index (Phi) is 5.23. The zero-order valence-electron chi connectivity index (χ0n) is 19.3. The number of ketones is 2. The number of benzene rings is 1. The average molecular weight is 512 g/mol. The molecule has 0 spiro atoms. The SMILES string of the molecule is Cn1ccc(C(=O)Nc2cc(F)c3c(c2O)C(O)=C2C(=O)[C@]4(O)C(O)=C(C(N)=O)C(=O)C[C@@H]4CC2C3)n1. The minimum atomic E-state index is -2.73. The maximum Gasteiger partial charge on any atom is 0.276 e. The van der Waals surface area contributed by atoms with Crippen molar-refractivity contribution in [3.05, 3.63) is 57.9 Å². The smallest absolute Gasteiger partial charge is 0.276 e. The minimum Gasteiger partial charge on any atom is -0.508 e. The number of amides is 2. The molecule has 2 aromatic rings. The lowest BCUT2D eigenvalue weighted by Gasteiger charge is -2.46. The normalized spacial score (nSPS) is 24.9. The first-order chi connectivity index (χ1) is 17.4. The zero-order chi connectivity index (χ0) is 27.0. The fourth-order valence-electron chi connectivity index (χ4n) is 5.46. The van der Waals surface area contributed by atoms with E-state index in [0.717, 1.165) is 6.07 Å². The van der Waals surface area contributed by atoms with Gasteiger partial charge in [-0.25, -0.2) is 4.39 Å². The van der Waals surface area contributed by atoms with Gasteiger partial charge in [0.15, 0.2) is 22.8 Å². The van der Waals surface area contributed by atoms with Gasteiger partial charge in [-0.2, -0.15) is 5.10 Å². The van der Waals surface area contributed by atoms with Crippen molar-refractivity contribution < 1.29 is 44.0 Å². The quantitative estimate of drug-likeness (QED) is 0.250. The number of primary amides is 1. The van der Waals surface area contributed by atoms with E-state index in [1.165, 1.54) is 16.9 Å². The van der Waals surface area contributed by atoms with Crippen LogP contribution >= 0.6 is 0 Å². The van der Waals surface area contributed by atoms with E-state index in [1.54, 1.807) is 7.05 Å². The monoisotopic (exact) mass is 512 g/mol. The van der Waals surface area contributed by atoms with Crippen molar-refractivity contribution in [2.75, 3.05) is 5.32 Å². The van der Waals surface area contributed by atoms with Gasteiger partial charge in [-0.15, -0.1) is 0 Å². The first-order valence-corrected chi connectivity index (χ1v) is 11.2. The van der Waals surface area contributed by atoms with Crippen LogP contribution in [0.5, 0.6) is 5.75 Å². The molecule has 1 heterocycles. The number of aliphatic hydroxyl groups is 3. The molecule has 1 aromatic carbocycles. The van der Waals surface area contributed by atoms with E-state index in [2.05, 4.69) is 10.4 Å². The van der Waals surface area contributed by atoms with Crippen LogP contribution in [0.2, 0.25) is 0 Å². The Labute approximate surface area is 207 Å². The molecule has 37 heavy (non-hydrogen) atoms. The lowest BCUT2D eigenvalue weighted by atomic mass is 9.59. The lowest BCUT2D eigenvalue weighted by molar-refractivity contribution is -0.147. The standard InChI is InChI=1S/C24H21FN4O8/c1-29-3-2-12(28-29)23(36)27-13-7-11(25)10-5-8-4-9-6-14(30)17(22(26)35)21(34)24(9,37)20(33)15(8)19(32)16(10)18(13)31/h2-3,7-9,31-32,34,37H,4-6H2,1H3,(H2,26,35)(H,27,36)/t8?,9-,24-/m0/s1. The van der Waals surface area contributed by atoms with Gasteiger partial charge in [0.2, 0.25) is 5.78 Å². The fourth-order valence-corrected chi connectivity index (χ4v) is 5.46. The van der Waals surface area contributed by atoms with E-state index in [1.807, 2.05) is 0 Å². The molecular formula is C24H21FN4O8. The molecular weight excluding hydrogens is 491 g/mol. The molecule has 12 nitrogen and oxygen atoms in total. The Balaban J connectivity index is 1.62. The van der Waals surface area contributed by atoms with Crippen molar-refractivity contribution in [3.63, 3.8) is 0 Å². The number of anilines is 1. The van der Waals surface area contributed by atoms with Gasteiger partial charge in [0.25, 0.3) is 11.8 Å². The summed E-state index contributed by atoms with van der Waals surface area (Å²) in [4.78, 5) is 50.0. The second-order valence-corrected chi connectivity index (χ2v) is 9.34. The highest BCUT2D eigenvalue weighted by atomic mass is 19.1. The number of halogens is 1. The number of nitrogens with two attached hydrogens (primary N) is 1. The summed E-state index contributed by atoms with van der Waals surface area (Å²) in [6.45, 7) is 0. The van der Waals surface area contributed by atoms with Crippen molar-refractivity contribution in [1.29, 1.82) is 0 Å². The van der Waals surface area contributed by atoms with Crippen LogP contribution in [0.3, 0.4) is 0 Å². The number of carbonyl (C=O) groups excluding carboxylic acids is 4. The van der Waals surface area contributed by atoms with Gasteiger partial charge in [0, 0.05) is 42.8 Å². The summed E-state index contributed by atoms with van der Waals surface area (Å²) in [7, 11) is 1.58. The Morgan fingerprint density at radius 1 is 1.24 bits per heavy atom. The summed E-state index contributed by atoms with van der Waals surface area (Å²) in [6.07, 6.45) is 0.704. The Hall–Kier alpha value is -4.52. The van der Waals surface area contributed by atoms with E-state index in [9.17, 15) is 39.6 Å². The lowest BCUT2D eigenvalue weighted by Crippen LogP contribution is -2.58. The third-order valence-corrected chi connectivity index (χ3v) is 7.20. The van der Waals surface area contributed by atoms with Crippen LogP contribution in [0.1, 0.15) is 34.5 Å². The van der Waals surface area contributed by atoms with Gasteiger partial charge < -0.3 is 31.5 Å². The number of aliphatic hydroxyl groups excluding tert-OH is 2. The summed E-state index contributed by atoms with van der Waals surface area (Å²) in [6, 6.07) is 2.25. The van der Waals surface area contributed by atoms with Crippen LogP contribution < -0.4 is 11.1 Å². The van der Waals surface area contributed by atoms with Crippen LogP contribution in [0.4, 0.5) is 10.1 Å². The number of aromatic nitrogens is 2. The number of fused-ring (bicyclic) bond motifs is 3. The average Bonchev–Trinajstić information content (AvgIpc) is 3.25. The summed E-state index contributed by atoms with van der Waals surface area (Å²) in [5, 5.41) is 50.0. The third-order valence-electron chi connectivity index (χ3n) is 7.20. The Morgan fingerprint density at radius 2 is 1.95 bits per heavy atom. The number of hydrogen-bond acceptors (Lipinski definition) is 9. The van der Waals surface area contributed by atoms with Crippen molar-refractivity contribution >= 4 is 34.8 Å². The second-order valence-electron chi connectivity index (χ2n) is 9.34. The number of rotatable bonds is 3. The number of aromatic hydroxyl groups is 1. The topological polar surface area (TPSA) is 205 Å². The fraction of sp³-hybridized carbons (Fsp3) is 0.292. The molecule has 3 aliphatic carbocycles. The van der Waals surface area contributed by atoms with Gasteiger partial charge in [-0.05, 0) is 24.8 Å². The molecule has 5 rings (SSSR count). The first-order valence-electron chi connectivity index (χ1n) is 11.2. The van der Waals surface area contributed by atoms with Gasteiger partial charge in [0.1, 0.15) is 22.9 Å². The molecule has 1 saturated carbocycles. The van der Waals surface area contributed by atoms with E-state index in [0.29, 0.717) is 0 Å². The Bertz CT molecular complexity index is 1510. The van der Waals surface area contributed by atoms with Crippen LogP contribution in [-0.4, -0.2) is 59.2 Å². The molecule has 192 valence electrons. The van der Waals surface area contributed by atoms with E-state index in [4.69, 9.17) is 5.73 Å². The molecule has 2 amide bonds. The van der Waals surface area contributed by atoms with Gasteiger partial charge in [0.05, 0.1) is 11.3 Å². The van der Waals surface area contributed by atoms with Crippen LogP contribution in [0.25, 0.3) is 5.76 Å². The first kappa shape index (κ1) is 24.2. The summed E-state index contributed by atoms with van der Waals surface area (Å²) >= 11 is 0. The number of hydrogen-bond donors (Lipinski definition) is 6. The van der Waals surface area contributed by atoms with Crippen LogP contribution in [-0.2, 0) is 27.9 Å². The number of phenolic OH excluding ortho intramolecular Hbond substituents is 1. The van der Waals surface area contributed by atoms with Gasteiger partial charge in [-0.3, -0.25) is 23.9 Å². The highest BCUT2D eigenvalue weighted by Gasteiger charge is 2.60. The number of aryl methyl sites for hydroxylation is 1. The van der Waals surface area contributed by atoms with Crippen molar-refractivity contribution in [3.8, 4) is 5.75 Å². The minimum absolute atomic E-state index is 0.0299. The molecule has 0 saturated heterocycles. The maximum absolute atomic E-state index is 15.2. The van der Waals surface area contributed by atoms with Crippen LogP contribution in [0, 0.1) is 17.7 Å². The Morgan fingerprint density at radius 3 is 2.57 bits per heavy atom. The molecule has 1 aromatic heterocycles. The molecule has 0 aliphatic heterocycles. The van der Waals surface area contributed by atoms with E-state index < -0.39 is 92.7 Å². The number of carbonyl (C=O) groups is 4. The second kappa shape index (κ2) is 8.00. The molecule has 1 fully saturated rings. The third kappa shape index (κ3) is 3.34. The molecule has 1 unspecified atom stereocenters. The summed E-state index contributed by atoms with van der Waals surface area (Å²) in [5.74, 6) is -9.88.